The minimum absolute atomic E-state index is 0.0780. The number of Topliss-reactive ketones (excluding diaryl/α,β-unsaturated/α-hetero) is 2. The average molecular weight is 302 g/mol. The first-order valence-electron chi connectivity index (χ1n) is 9.15. The third-order valence-electron chi connectivity index (χ3n) is 8.46. The molecule has 8 atom stereocenters. The Hall–Kier alpha value is -0.700. The minimum Gasteiger partial charge on any atom is -0.369 e. The fraction of sp³-hybridized carbons (Fsp3) is 0.895. The molecule has 0 radical (unpaired) electrons. The normalized spacial score (nSPS) is 59.4. The second kappa shape index (κ2) is 4.03. The third-order valence-corrected chi connectivity index (χ3v) is 8.46. The molecule has 0 aromatic carbocycles. The Morgan fingerprint density at radius 1 is 0.955 bits per heavy atom. The SMILES string of the molecule is C[C@]12CCC3C(C1CCC2=O)[C@@H]1O[C@@H]1[C@@H]1CC(=O)CC[C@]31C. The second-order valence-electron chi connectivity index (χ2n) is 9.13. The summed E-state index contributed by atoms with van der Waals surface area (Å²) in [7, 11) is 0. The van der Waals surface area contributed by atoms with Gasteiger partial charge in [0.2, 0.25) is 0 Å². The minimum atomic E-state index is -0.0780. The Bertz CT molecular complexity index is 569. The molecule has 4 aliphatic carbocycles. The van der Waals surface area contributed by atoms with Crippen molar-refractivity contribution in [2.75, 3.05) is 0 Å². The molecule has 0 aromatic heterocycles. The van der Waals surface area contributed by atoms with E-state index in [1.165, 1.54) is 0 Å². The predicted octanol–water partition coefficient (Wildman–Crippen LogP) is 3.15. The summed E-state index contributed by atoms with van der Waals surface area (Å²) in [6.07, 6.45) is 7.28. The number of rotatable bonds is 0. The van der Waals surface area contributed by atoms with E-state index in [4.69, 9.17) is 4.74 Å². The zero-order chi connectivity index (χ0) is 15.3. The summed E-state index contributed by atoms with van der Waals surface area (Å²) >= 11 is 0. The summed E-state index contributed by atoms with van der Waals surface area (Å²) in [5, 5.41) is 0. The van der Waals surface area contributed by atoms with Crippen molar-refractivity contribution in [1.29, 1.82) is 0 Å². The van der Waals surface area contributed by atoms with Crippen molar-refractivity contribution in [3.05, 3.63) is 0 Å². The van der Waals surface area contributed by atoms with Gasteiger partial charge < -0.3 is 4.74 Å². The molecule has 0 spiro atoms. The van der Waals surface area contributed by atoms with E-state index in [1.54, 1.807) is 0 Å². The highest BCUT2D eigenvalue weighted by molar-refractivity contribution is 5.87. The number of ether oxygens (including phenoxy) is 1. The Morgan fingerprint density at radius 3 is 2.59 bits per heavy atom. The molecule has 5 aliphatic rings. The summed E-state index contributed by atoms with van der Waals surface area (Å²) < 4.78 is 6.16. The van der Waals surface area contributed by atoms with Crippen LogP contribution in [0.5, 0.6) is 0 Å². The van der Waals surface area contributed by atoms with Crippen LogP contribution in [0.1, 0.15) is 58.8 Å². The van der Waals surface area contributed by atoms with E-state index in [-0.39, 0.29) is 10.8 Å². The van der Waals surface area contributed by atoms with Gasteiger partial charge in [0.15, 0.2) is 0 Å². The van der Waals surface area contributed by atoms with Crippen molar-refractivity contribution in [3.63, 3.8) is 0 Å². The number of ketones is 2. The number of fused-ring (bicyclic) bond motifs is 8. The predicted molar refractivity (Wildman–Crippen MR) is 81.2 cm³/mol. The van der Waals surface area contributed by atoms with Crippen molar-refractivity contribution in [2.45, 2.75) is 71.0 Å². The van der Waals surface area contributed by atoms with E-state index in [9.17, 15) is 9.59 Å². The summed E-state index contributed by atoms with van der Waals surface area (Å²) in [5.74, 6) is 3.15. The first-order valence-corrected chi connectivity index (χ1v) is 9.15. The van der Waals surface area contributed by atoms with E-state index in [1.807, 2.05) is 0 Å². The maximum Gasteiger partial charge on any atom is 0.139 e. The van der Waals surface area contributed by atoms with Crippen molar-refractivity contribution in [3.8, 4) is 0 Å². The Morgan fingerprint density at radius 2 is 1.77 bits per heavy atom. The molecule has 5 rings (SSSR count). The second-order valence-corrected chi connectivity index (χ2v) is 9.13. The van der Waals surface area contributed by atoms with E-state index in [0.29, 0.717) is 47.4 Å². The molecule has 1 heterocycles. The van der Waals surface area contributed by atoms with Crippen molar-refractivity contribution in [1.82, 2.24) is 0 Å². The molecular weight excluding hydrogens is 276 g/mol. The Labute approximate surface area is 132 Å². The maximum absolute atomic E-state index is 12.4. The number of carbonyl (C=O) groups excluding carboxylic acids is 2. The Kier molecular flexibility index (Phi) is 2.51. The lowest BCUT2D eigenvalue weighted by Gasteiger charge is -2.57. The van der Waals surface area contributed by atoms with Gasteiger partial charge in [-0.2, -0.15) is 0 Å². The molecule has 0 bridgehead atoms. The lowest BCUT2D eigenvalue weighted by molar-refractivity contribution is -0.140. The van der Waals surface area contributed by atoms with E-state index < -0.39 is 0 Å². The number of hydrogen-bond donors (Lipinski definition) is 0. The largest absolute Gasteiger partial charge is 0.369 e. The molecule has 1 saturated heterocycles. The average Bonchev–Trinajstić information content (AvgIpc) is 3.22. The summed E-state index contributed by atoms with van der Waals surface area (Å²) in [6.45, 7) is 4.65. The Balaban J connectivity index is 1.54. The highest BCUT2D eigenvalue weighted by Gasteiger charge is 2.70. The topological polar surface area (TPSA) is 46.7 Å². The lowest BCUT2D eigenvalue weighted by Crippen LogP contribution is -2.56. The first-order chi connectivity index (χ1) is 10.4. The van der Waals surface area contributed by atoms with Crippen molar-refractivity contribution < 1.29 is 14.3 Å². The van der Waals surface area contributed by atoms with E-state index in [2.05, 4.69) is 13.8 Å². The van der Waals surface area contributed by atoms with Crippen LogP contribution in [-0.4, -0.2) is 23.8 Å². The highest BCUT2D eigenvalue weighted by Crippen LogP contribution is 2.69. The number of epoxide rings is 1. The van der Waals surface area contributed by atoms with Gasteiger partial charge in [-0.3, -0.25) is 9.59 Å². The summed E-state index contributed by atoms with van der Waals surface area (Å²) in [6, 6.07) is 0. The third kappa shape index (κ3) is 1.47. The van der Waals surface area contributed by atoms with Gasteiger partial charge in [0.25, 0.3) is 0 Å². The van der Waals surface area contributed by atoms with Crippen LogP contribution in [0.4, 0.5) is 0 Å². The van der Waals surface area contributed by atoms with Crippen molar-refractivity contribution >= 4 is 11.6 Å². The molecule has 1 aliphatic heterocycles. The molecule has 0 aromatic rings. The van der Waals surface area contributed by atoms with Crippen LogP contribution in [0.25, 0.3) is 0 Å². The molecule has 3 nitrogen and oxygen atoms in total. The van der Waals surface area contributed by atoms with Crippen LogP contribution < -0.4 is 0 Å². The molecule has 120 valence electrons. The van der Waals surface area contributed by atoms with Gasteiger partial charge in [-0.1, -0.05) is 13.8 Å². The number of hydrogen-bond acceptors (Lipinski definition) is 3. The molecule has 22 heavy (non-hydrogen) atoms. The van der Waals surface area contributed by atoms with Crippen molar-refractivity contribution in [2.24, 2.45) is 34.5 Å². The van der Waals surface area contributed by atoms with Gasteiger partial charge in [-0.25, -0.2) is 0 Å². The van der Waals surface area contributed by atoms with Gasteiger partial charge >= 0.3 is 0 Å². The maximum atomic E-state index is 12.4. The molecular formula is C19H26O3. The van der Waals surface area contributed by atoms with E-state index in [0.717, 1.165) is 44.9 Å². The van der Waals surface area contributed by atoms with Crippen LogP contribution in [0.3, 0.4) is 0 Å². The quantitative estimate of drug-likeness (QED) is 0.646. The smallest absolute Gasteiger partial charge is 0.139 e. The zero-order valence-electron chi connectivity index (χ0n) is 13.6. The molecule has 0 N–H and O–H groups in total. The molecule has 3 heteroatoms. The van der Waals surface area contributed by atoms with Gasteiger partial charge in [-0.05, 0) is 48.9 Å². The van der Waals surface area contributed by atoms with E-state index >= 15 is 0 Å². The lowest BCUT2D eigenvalue weighted by atomic mass is 9.45. The fourth-order valence-electron chi connectivity index (χ4n) is 7.09. The van der Waals surface area contributed by atoms with Gasteiger partial charge in [0, 0.05) is 30.6 Å². The number of carbonyl (C=O) groups is 2. The van der Waals surface area contributed by atoms with Crippen LogP contribution in [0.15, 0.2) is 0 Å². The molecule has 0 amide bonds. The van der Waals surface area contributed by atoms with Crippen LogP contribution >= 0.6 is 0 Å². The highest BCUT2D eigenvalue weighted by atomic mass is 16.6. The zero-order valence-corrected chi connectivity index (χ0v) is 13.6. The fourth-order valence-corrected chi connectivity index (χ4v) is 7.09. The van der Waals surface area contributed by atoms with Crippen LogP contribution in [0.2, 0.25) is 0 Å². The standard InChI is InChI=1S/C19H26O3/c1-18-7-5-10(20)9-13(18)16-17(22-16)15-11-3-4-14(21)19(11,2)8-6-12(15)18/h11-13,15-17H,3-9H2,1-2H3/t11?,12?,13-,15?,16+,17-,18+,19-/m0/s1. The monoisotopic (exact) mass is 302 g/mol. The van der Waals surface area contributed by atoms with Gasteiger partial charge in [0.1, 0.15) is 11.6 Å². The van der Waals surface area contributed by atoms with Gasteiger partial charge in [0.05, 0.1) is 12.2 Å². The molecule has 3 unspecified atom stereocenters. The molecule has 4 saturated carbocycles. The van der Waals surface area contributed by atoms with Gasteiger partial charge in [-0.15, -0.1) is 0 Å². The first kappa shape index (κ1) is 13.7. The van der Waals surface area contributed by atoms with Crippen LogP contribution in [0, 0.1) is 34.5 Å². The summed E-state index contributed by atoms with van der Waals surface area (Å²) in [5.41, 5.74) is 0.189. The summed E-state index contributed by atoms with van der Waals surface area (Å²) in [4.78, 5) is 24.4. The molecule has 5 fully saturated rings. The van der Waals surface area contributed by atoms with Crippen LogP contribution in [-0.2, 0) is 14.3 Å².